The third-order valence-electron chi connectivity index (χ3n) is 5.40. The molecule has 0 saturated heterocycles. The van der Waals surface area contributed by atoms with Crippen molar-refractivity contribution in [2.75, 3.05) is 0 Å². The van der Waals surface area contributed by atoms with Crippen molar-refractivity contribution in [3.8, 4) is 5.75 Å². The van der Waals surface area contributed by atoms with Gasteiger partial charge in [-0.05, 0) is 48.4 Å². The molecule has 3 heterocycles. The smallest absolute Gasteiger partial charge is 0.416 e. The number of H-pyrrole nitrogens is 1. The molecule has 0 bridgehead atoms. The van der Waals surface area contributed by atoms with Gasteiger partial charge in [-0.3, -0.25) is 4.79 Å². The van der Waals surface area contributed by atoms with Crippen molar-refractivity contribution >= 4 is 22.5 Å². The highest BCUT2D eigenvalue weighted by atomic mass is 19.4. The molecule has 3 aromatic heterocycles. The van der Waals surface area contributed by atoms with Crippen LogP contribution in [0.2, 0.25) is 0 Å². The Labute approximate surface area is 192 Å². The Kier molecular flexibility index (Phi) is 5.31. The first-order chi connectivity index (χ1) is 16.2. The number of aromatic amines is 1. The molecule has 9 heteroatoms. The van der Waals surface area contributed by atoms with Gasteiger partial charge in [0.25, 0.3) is 0 Å². The number of aromatic nitrogens is 4. The monoisotopic (exact) mass is 464 g/mol. The van der Waals surface area contributed by atoms with Crippen LogP contribution in [0, 0.1) is 6.92 Å². The maximum Gasteiger partial charge on any atom is 0.416 e. The first kappa shape index (κ1) is 21.7. The molecule has 34 heavy (non-hydrogen) atoms. The lowest BCUT2D eigenvalue weighted by Crippen LogP contribution is -2.05. The summed E-state index contributed by atoms with van der Waals surface area (Å²) in [6.07, 6.45) is -0.680. The molecule has 1 N–H and O–H groups in total. The fourth-order valence-electron chi connectivity index (χ4n) is 3.65. The quantitative estimate of drug-likeness (QED) is 0.335. The molecule has 172 valence electrons. The summed E-state index contributed by atoms with van der Waals surface area (Å²) in [6, 6.07) is 13.9. The van der Waals surface area contributed by atoms with E-state index in [2.05, 4.69) is 15.0 Å². The summed E-state index contributed by atoms with van der Waals surface area (Å²) in [5.74, 6) is 0.886. The predicted molar refractivity (Wildman–Crippen MR) is 120 cm³/mol. The van der Waals surface area contributed by atoms with E-state index in [1.807, 2.05) is 29.7 Å². The van der Waals surface area contributed by atoms with Crippen LogP contribution in [0.15, 0.2) is 67.0 Å². The summed E-state index contributed by atoms with van der Waals surface area (Å²) in [6.45, 7) is 2.09. The van der Waals surface area contributed by atoms with Gasteiger partial charge in [-0.1, -0.05) is 18.2 Å². The van der Waals surface area contributed by atoms with Crippen LogP contribution >= 0.6 is 0 Å². The van der Waals surface area contributed by atoms with E-state index in [0.717, 1.165) is 17.7 Å². The minimum atomic E-state index is -4.37. The molecule has 0 unspecified atom stereocenters. The molecule has 5 rings (SSSR count). The molecule has 0 spiro atoms. The average molecular weight is 464 g/mol. The van der Waals surface area contributed by atoms with Gasteiger partial charge in [-0.25, -0.2) is 9.97 Å². The number of hydrogen-bond acceptors (Lipinski definition) is 4. The van der Waals surface area contributed by atoms with Crippen molar-refractivity contribution in [2.45, 2.75) is 26.1 Å². The number of pyridine rings is 1. The van der Waals surface area contributed by atoms with Gasteiger partial charge in [0, 0.05) is 18.5 Å². The molecular weight excluding hydrogens is 445 g/mol. The number of ether oxygens (including phenoxy) is 1. The molecule has 5 aromatic rings. The van der Waals surface area contributed by atoms with Crippen LogP contribution in [0.3, 0.4) is 0 Å². The first-order valence-electron chi connectivity index (χ1n) is 10.5. The molecule has 0 amide bonds. The van der Waals surface area contributed by atoms with Crippen molar-refractivity contribution in [1.82, 2.24) is 19.4 Å². The summed E-state index contributed by atoms with van der Waals surface area (Å²) in [5, 5.41) is 0. The molecule has 0 aliphatic carbocycles. The zero-order chi connectivity index (χ0) is 23.9. The highest BCUT2D eigenvalue weighted by Crippen LogP contribution is 2.29. The third kappa shape index (κ3) is 4.50. The van der Waals surface area contributed by atoms with Crippen molar-refractivity contribution in [1.29, 1.82) is 0 Å². The second kappa shape index (κ2) is 8.33. The van der Waals surface area contributed by atoms with E-state index in [1.165, 1.54) is 12.1 Å². The number of halogens is 3. The standard InChI is InChI=1S/C25H19F3N4O2/c1-15-2-9-24-31-21(13-32(24)12-15)22(33)11-23-29-19-8-7-18(10-20(19)30-23)34-14-16-3-5-17(6-4-16)25(26,27)28/h2-10,12-13H,11,14H2,1H3,(H,29,30). The summed E-state index contributed by atoms with van der Waals surface area (Å²) in [7, 11) is 0. The molecule has 0 aliphatic rings. The number of alkyl halides is 3. The van der Waals surface area contributed by atoms with Crippen molar-refractivity contribution in [2.24, 2.45) is 0 Å². The average Bonchev–Trinajstić information content (AvgIpc) is 3.40. The summed E-state index contributed by atoms with van der Waals surface area (Å²) >= 11 is 0. The fourth-order valence-corrected chi connectivity index (χ4v) is 3.65. The van der Waals surface area contributed by atoms with Gasteiger partial charge in [-0.15, -0.1) is 0 Å². The Hall–Kier alpha value is -4.14. The van der Waals surface area contributed by atoms with Gasteiger partial charge in [0.1, 0.15) is 29.5 Å². The number of hydrogen-bond donors (Lipinski definition) is 1. The zero-order valence-electron chi connectivity index (χ0n) is 18.1. The van der Waals surface area contributed by atoms with Crippen molar-refractivity contribution in [3.05, 3.63) is 95.2 Å². The number of ketones is 1. The Morgan fingerprint density at radius 3 is 2.59 bits per heavy atom. The van der Waals surface area contributed by atoms with Gasteiger partial charge in [-0.2, -0.15) is 13.2 Å². The van der Waals surface area contributed by atoms with Crippen LogP contribution in [0.25, 0.3) is 16.7 Å². The van der Waals surface area contributed by atoms with Crippen LogP contribution < -0.4 is 4.74 Å². The number of nitrogens with zero attached hydrogens (tertiary/aromatic N) is 3. The van der Waals surface area contributed by atoms with Gasteiger partial charge < -0.3 is 14.1 Å². The Morgan fingerprint density at radius 2 is 1.82 bits per heavy atom. The lowest BCUT2D eigenvalue weighted by atomic mass is 10.1. The second-order valence-electron chi connectivity index (χ2n) is 8.04. The maximum absolute atomic E-state index is 12.7. The van der Waals surface area contributed by atoms with E-state index in [-0.39, 0.29) is 18.8 Å². The number of imidazole rings is 2. The molecule has 0 atom stereocenters. The molecular formula is C25H19F3N4O2. The fraction of sp³-hybridized carbons (Fsp3) is 0.160. The molecule has 0 fully saturated rings. The van der Waals surface area contributed by atoms with E-state index in [9.17, 15) is 18.0 Å². The number of benzene rings is 2. The Bertz CT molecular complexity index is 1500. The molecule has 0 radical (unpaired) electrons. The number of fused-ring (bicyclic) bond motifs is 2. The lowest BCUT2D eigenvalue weighted by molar-refractivity contribution is -0.137. The number of carbonyl (C=O) groups is 1. The number of nitrogens with one attached hydrogen (secondary N) is 1. The minimum absolute atomic E-state index is 0.0687. The van der Waals surface area contributed by atoms with E-state index in [4.69, 9.17) is 4.74 Å². The van der Waals surface area contributed by atoms with Crippen LogP contribution in [0.5, 0.6) is 5.75 Å². The van der Waals surface area contributed by atoms with E-state index >= 15 is 0 Å². The van der Waals surface area contributed by atoms with Crippen LogP contribution in [-0.2, 0) is 19.2 Å². The molecule has 2 aromatic carbocycles. The third-order valence-corrected chi connectivity index (χ3v) is 5.40. The van der Waals surface area contributed by atoms with E-state index < -0.39 is 11.7 Å². The highest BCUT2D eigenvalue weighted by molar-refractivity contribution is 5.96. The molecule has 0 aliphatic heterocycles. The van der Waals surface area contributed by atoms with Crippen molar-refractivity contribution < 1.29 is 22.7 Å². The van der Waals surface area contributed by atoms with Gasteiger partial charge in [0.2, 0.25) is 0 Å². The maximum atomic E-state index is 12.7. The predicted octanol–water partition coefficient (Wildman–Crippen LogP) is 5.54. The van der Waals surface area contributed by atoms with Crippen LogP contribution in [0.4, 0.5) is 13.2 Å². The minimum Gasteiger partial charge on any atom is -0.489 e. The number of Topliss-reactive ketones (excluding diaryl/α,β-unsaturated/α-hetero) is 1. The highest BCUT2D eigenvalue weighted by Gasteiger charge is 2.29. The topological polar surface area (TPSA) is 72.3 Å². The summed E-state index contributed by atoms with van der Waals surface area (Å²) < 4.78 is 45.6. The lowest BCUT2D eigenvalue weighted by Gasteiger charge is -2.09. The Morgan fingerprint density at radius 1 is 1.03 bits per heavy atom. The van der Waals surface area contributed by atoms with Gasteiger partial charge >= 0.3 is 6.18 Å². The second-order valence-corrected chi connectivity index (χ2v) is 8.04. The SMILES string of the molecule is Cc1ccc2nc(C(=O)Cc3nc4ccc(OCc5ccc(C(F)(F)F)cc5)cc4[nH]3)cn2c1. The number of aryl methyl sites for hydroxylation is 1. The molecule has 0 saturated carbocycles. The van der Waals surface area contributed by atoms with E-state index in [1.54, 1.807) is 24.4 Å². The zero-order valence-corrected chi connectivity index (χ0v) is 18.1. The van der Waals surface area contributed by atoms with Crippen LogP contribution in [0.1, 0.15) is 33.0 Å². The summed E-state index contributed by atoms with van der Waals surface area (Å²) in [5.41, 5.74) is 3.42. The number of rotatable bonds is 6. The van der Waals surface area contributed by atoms with Crippen molar-refractivity contribution in [3.63, 3.8) is 0 Å². The van der Waals surface area contributed by atoms with Gasteiger partial charge in [0.15, 0.2) is 5.78 Å². The first-order valence-corrected chi connectivity index (χ1v) is 10.5. The van der Waals surface area contributed by atoms with Crippen LogP contribution in [-0.4, -0.2) is 25.1 Å². The largest absolute Gasteiger partial charge is 0.489 e. The number of carbonyl (C=O) groups excluding carboxylic acids is 1. The summed E-state index contributed by atoms with van der Waals surface area (Å²) in [4.78, 5) is 24.7. The normalized spacial score (nSPS) is 11.9. The van der Waals surface area contributed by atoms with Gasteiger partial charge in [0.05, 0.1) is 23.0 Å². The molecule has 6 nitrogen and oxygen atoms in total. The van der Waals surface area contributed by atoms with E-state index in [0.29, 0.717) is 39.5 Å². The Balaban J connectivity index is 1.27.